The van der Waals surface area contributed by atoms with Crippen LogP contribution < -0.4 is 0 Å². The maximum absolute atomic E-state index is 12.8. The summed E-state index contributed by atoms with van der Waals surface area (Å²) in [6.07, 6.45) is 0.145. The van der Waals surface area contributed by atoms with Gasteiger partial charge in [-0.1, -0.05) is 24.6 Å². The summed E-state index contributed by atoms with van der Waals surface area (Å²) in [4.78, 5) is 0. The van der Waals surface area contributed by atoms with E-state index in [-0.39, 0.29) is 11.6 Å². The molecule has 1 aromatic carbocycles. The van der Waals surface area contributed by atoms with Gasteiger partial charge in [0.1, 0.15) is 11.9 Å². The zero-order chi connectivity index (χ0) is 11.3. The van der Waals surface area contributed by atoms with Gasteiger partial charge in [-0.05, 0) is 24.1 Å². The molecule has 15 heavy (non-hydrogen) atoms. The van der Waals surface area contributed by atoms with E-state index < -0.39 is 11.9 Å². The van der Waals surface area contributed by atoms with Crippen molar-refractivity contribution < 1.29 is 14.2 Å². The fraction of sp³-hybridized carbons (Fsp3) is 0.455. The molecule has 0 amide bonds. The zero-order valence-corrected chi connectivity index (χ0v) is 9.30. The van der Waals surface area contributed by atoms with Crippen LogP contribution >= 0.6 is 11.6 Å². The lowest BCUT2D eigenvalue weighted by Gasteiger charge is -2.11. The van der Waals surface area contributed by atoms with Crippen molar-refractivity contribution in [2.24, 2.45) is 0 Å². The number of ether oxygens (including phenoxy) is 1. The summed E-state index contributed by atoms with van der Waals surface area (Å²) in [5, 5.41) is 9.67. The second-order valence-corrected chi connectivity index (χ2v) is 3.67. The Labute approximate surface area is 93.6 Å². The Balaban J connectivity index is 2.57. The Morgan fingerprint density at radius 3 is 2.87 bits per heavy atom. The lowest BCUT2D eigenvalue weighted by Crippen LogP contribution is -2.07. The minimum atomic E-state index is -0.755. The Bertz CT molecular complexity index is 317. The smallest absolute Gasteiger partial charge is 0.141 e. The van der Waals surface area contributed by atoms with Gasteiger partial charge in [-0.3, -0.25) is 0 Å². The molecule has 84 valence electrons. The topological polar surface area (TPSA) is 29.5 Å². The molecule has 1 unspecified atom stereocenters. The number of aliphatic hydroxyl groups is 1. The Morgan fingerprint density at radius 1 is 1.53 bits per heavy atom. The summed E-state index contributed by atoms with van der Waals surface area (Å²) >= 11 is 5.59. The molecule has 4 heteroatoms. The van der Waals surface area contributed by atoms with Crippen molar-refractivity contribution in [3.8, 4) is 0 Å². The first-order valence-electron chi connectivity index (χ1n) is 4.86. The molecule has 1 aromatic rings. The maximum atomic E-state index is 12.8. The fourth-order valence-electron chi connectivity index (χ4n) is 1.16. The molecule has 0 aliphatic heterocycles. The van der Waals surface area contributed by atoms with E-state index in [0.29, 0.717) is 12.2 Å². The largest absolute Gasteiger partial charge is 0.386 e. The number of aliphatic hydroxyl groups excluding tert-OH is 1. The molecule has 0 saturated carbocycles. The van der Waals surface area contributed by atoms with Gasteiger partial charge in [-0.2, -0.15) is 0 Å². The van der Waals surface area contributed by atoms with E-state index in [0.717, 1.165) is 6.42 Å². The van der Waals surface area contributed by atoms with Crippen molar-refractivity contribution in [2.45, 2.75) is 19.4 Å². The van der Waals surface area contributed by atoms with E-state index >= 15 is 0 Å². The third-order valence-corrected chi connectivity index (χ3v) is 2.24. The second-order valence-electron chi connectivity index (χ2n) is 3.26. The number of halogens is 2. The molecule has 0 aliphatic rings. The van der Waals surface area contributed by atoms with Crippen LogP contribution in [0.15, 0.2) is 18.2 Å². The molecule has 0 bridgehead atoms. The van der Waals surface area contributed by atoms with Crippen molar-refractivity contribution in [3.05, 3.63) is 34.6 Å². The number of benzene rings is 1. The minimum absolute atomic E-state index is 0.0158. The second kappa shape index (κ2) is 6.05. The summed E-state index contributed by atoms with van der Waals surface area (Å²) in [6.45, 7) is 2.79. The van der Waals surface area contributed by atoms with Crippen molar-refractivity contribution in [3.63, 3.8) is 0 Å². The van der Waals surface area contributed by atoms with Crippen molar-refractivity contribution in [2.75, 3.05) is 13.2 Å². The predicted octanol–water partition coefficient (Wildman–Crippen LogP) is 2.94. The van der Waals surface area contributed by atoms with Gasteiger partial charge in [-0.15, -0.1) is 0 Å². The molecule has 0 fully saturated rings. The lowest BCUT2D eigenvalue weighted by molar-refractivity contribution is 0.0363. The van der Waals surface area contributed by atoms with E-state index in [1.54, 1.807) is 0 Å². The fourth-order valence-corrected chi connectivity index (χ4v) is 1.34. The van der Waals surface area contributed by atoms with Crippen LogP contribution in [-0.4, -0.2) is 18.3 Å². The van der Waals surface area contributed by atoms with Crippen LogP contribution in [0.1, 0.15) is 25.0 Å². The molecule has 0 aliphatic carbocycles. The Morgan fingerprint density at radius 2 is 2.27 bits per heavy atom. The molecular weight excluding hydrogens is 219 g/mol. The first-order valence-corrected chi connectivity index (χ1v) is 5.23. The van der Waals surface area contributed by atoms with Crippen LogP contribution in [0.4, 0.5) is 4.39 Å². The van der Waals surface area contributed by atoms with Gasteiger partial charge in [0, 0.05) is 6.61 Å². The van der Waals surface area contributed by atoms with Crippen molar-refractivity contribution >= 4 is 11.6 Å². The third kappa shape index (κ3) is 3.78. The molecule has 0 spiro atoms. The lowest BCUT2D eigenvalue weighted by atomic mass is 10.1. The summed E-state index contributed by atoms with van der Waals surface area (Å²) < 4.78 is 18.0. The van der Waals surface area contributed by atoms with Gasteiger partial charge in [0.15, 0.2) is 0 Å². The number of hydrogen-bond donors (Lipinski definition) is 1. The van der Waals surface area contributed by atoms with E-state index in [9.17, 15) is 9.50 Å². The predicted molar refractivity (Wildman–Crippen MR) is 57.5 cm³/mol. The van der Waals surface area contributed by atoms with Gasteiger partial charge in [0.2, 0.25) is 0 Å². The van der Waals surface area contributed by atoms with Crippen LogP contribution in [0, 0.1) is 5.82 Å². The van der Waals surface area contributed by atoms with E-state index in [1.165, 1.54) is 18.2 Å². The normalized spacial score (nSPS) is 12.8. The molecule has 1 atom stereocenters. The average molecular weight is 233 g/mol. The highest BCUT2D eigenvalue weighted by molar-refractivity contribution is 6.30. The monoisotopic (exact) mass is 232 g/mol. The van der Waals surface area contributed by atoms with Gasteiger partial charge in [-0.25, -0.2) is 4.39 Å². The standard InChI is InChI=1S/C11H14ClFO2/c1-2-5-15-7-11(14)8-3-4-10(13)9(12)6-8/h3-4,6,11,14H,2,5,7H2,1H3. The summed E-state index contributed by atoms with van der Waals surface area (Å²) in [5.41, 5.74) is 0.567. The van der Waals surface area contributed by atoms with Gasteiger partial charge in [0.05, 0.1) is 11.6 Å². The van der Waals surface area contributed by atoms with Crippen LogP contribution in [0.5, 0.6) is 0 Å². The quantitative estimate of drug-likeness (QED) is 0.791. The van der Waals surface area contributed by atoms with Crippen molar-refractivity contribution in [1.29, 1.82) is 0 Å². The highest BCUT2D eigenvalue weighted by atomic mass is 35.5. The molecule has 1 N–H and O–H groups in total. The first-order chi connectivity index (χ1) is 7.15. The molecule has 0 saturated heterocycles. The van der Waals surface area contributed by atoms with Crippen LogP contribution in [-0.2, 0) is 4.74 Å². The molecule has 0 heterocycles. The van der Waals surface area contributed by atoms with Gasteiger partial charge >= 0.3 is 0 Å². The average Bonchev–Trinajstić information content (AvgIpc) is 2.22. The van der Waals surface area contributed by atoms with Crippen molar-refractivity contribution in [1.82, 2.24) is 0 Å². The summed E-state index contributed by atoms with van der Waals surface area (Å²) in [6, 6.07) is 4.15. The summed E-state index contributed by atoms with van der Waals surface area (Å²) in [5.74, 6) is -0.484. The molecular formula is C11H14ClFO2. The van der Waals surface area contributed by atoms with Gasteiger partial charge in [0.25, 0.3) is 0 Å². The molecule has 1 rings (SSSR count). The van der Waals surface area contributed by atoms with E-state index in [4.69, 9.17) is 16.3 Å². The number of hydrogen-bond acceptors (Lipinski definition) is 2. The number of rotatable bonds is 5. The molecule has 2 nitrogen and oxygen atoms in total. The van der Waals surface area contributed by atoms with Crippen LogP contribution in [0.2, 0.25) is 5.02 Å². The van der Waals surface area contributed by atoms with Crippen LogP contribution in [0.3, 0.4) is 0 Å². The first kappa shape index (κ1) is 12.4. The summed E-state index contributed by atoms with van der Waals surface area (Å²) in [7, 11) is 0. The Hall–Kier alpha value is -0.640. The Kier molecular flexibility index (Phi) is 5.02. The zero-order valence-electron chi connectivity index (χ0n) is 8.54. The van der Waals surface area contributed by atoms with Crippen LogP contribution in [0.25, 0.3) is 0 Å². The maximum Gasteiger partial charge on any atom is 0.141 e. The minimum Gasteiger partial charge on any atom is -0.386 e. The highest BCUT2D eigenvalue weighted by Crippen LogP contribution is 2.20. The van der Waals surface area contributed by atoms with E-state index in [2.05, 4.69) is 0 Å². The third-order valence-electron chi connectivity index (χ3n) is 1.95. The SMILES string of the molecule is CCCOCC(O)c1ccc(F)c(Cl)c1. The van der Waals surface area contributed by atoms with E-state index in [1.807, 2.05) is 6.92 Å². The van der Waals surface area contributed by atoms with Gasteiger partial charge < -0.3 is 9.84 Å². The molecule has 0 radical (unpaired) electrons. The molecule has 0 aromatic heterocycles. The highest BCUT2D eigenvalue weighted by Gasteiger charge is 2.09.